The van der Waals surface area contributed by atoms with Crippen LogP contribution in [0.1, 0.15) is 18.4 Å². The van der Waals surface area contributed by atoms with Gasteiger partial charge in [0, 0.05) is 26.2 Å². The van der Waals surface area contributed by atoms with Crippen molar-refractivity contribution in [3.8, 4) is 0 Å². The average Bonchev–Trinajstić information content (AvgIpc) is 3.05. The maximum atomic E-state index is 12.6. The Balaban J connectivity index is 1.22. The molecule has 0 radical (unpaired) electrons. The second-order valence-electron chi connectivity index (χ2n) is 7.53. The van der Waals surface area contributed by atoms with Gasteiger partial charge < -0.3 is 14.4 Å². The third-order valence-corrected chi connectivity index (χ3v) is 5.73. The van der Waals surface area contributed by atoms with Gasteiger partial charge in [-0.1, -0.05) is 30.3 Å². The van der Waals surface area contributed by atoms with E-state index < -0.39 is 0 Å². The van der Waals surface area contributed by atoms with Crippen molar-refractivity contribution >= 4 is 5.91 Å². The number of rotatable bonds is 4. The third kappa shape index (κ3) is 4.22. The molecular weight excluding hydrogens is 316 g/mol. The van der Waals surface area contributed by atoms with Crippen molar-refractivity contribution in [2.45, 2.75) is 31.5 Å². The molecular formula is C20H28N2O3. The van der Waals surface area contributed by atoms with E-state index in [0.717, 1.165) is 45.4 Å². The first-order valence-electron chi connectivity index (χ1n) is 9.55. The number of fused-ring (bicyclic) bond motifs is 1. The van der Waals surface area contributed by atoms with E-state index in [9.17, 15) is 4.79 Å². The lowest BCUT2D eigenvalue weighted by molar-refractivity contribution is -0.133. The lowest BCUT2D eigenvalue weighted by Crippen LogP contribution is -2.44. The van der Waals surface area contributed by atoms with Crippen molar-refractivity contribution in [3.63, 3.8) is 0 Å². The molecule has 3 heterocycles. The van der Waals surface area contributed by atoms with Gasteiger partial charge in [-0.15, -0.1) is 0 Å². The zero-order chi connectivity index (χ0) is 17.1. The van der Waals surface area contributed by atoms with E-state index in [1.807, 2.05) is 4.90 Å². The molecule has 0 saturated carbocycles. The van der Waals surface area contributed by atoms with Gasteiger partial charge in [-0.2, -0.15) is 0 Å². The van der Waals surface area contributed by atoms with Crippen LogP contribution in [-0.2, 0) is 20.7 Å². The normalized spacial score (nSPS) is 28.1. The summed E-state index contributed by atoms with van der Waals surface area (Å²) >= 11 is 0. The van der Waals surface area contributed by atoms with Crippen LogP contribution in [0.4, 0.5) is 0 Å². The lowest BCUT2D eigenvalue weighted by Gasteiger charge is -2.33. The van der Waals surface area contributed by atoms with Crippen molar-refractivity contribution in [2.24, 2.45) is 5.92 Å². The predicted octanol–water partition coefficient (Wildman–Crippen LogP) is 1.57. The standard InChI is InChI=1S/C20H28N2O3/c23-20(15-21-13-18-19(14-21)25-11-10-24-18)22-8-6-17(7-9-22)12-16-4-2-1-3-5-16/h1-5,17-19H,6-15H2/t18-,19+. The molecule has 3 aliphatic rings. The summed E-state index contributed by atoms with van der Waals surface area (Å²) in [6, 6.07) is 10.7. The summed E-state index contributed by atoms with van der Waals surface area (Å²) in [5.41, 5.74) is 1.41. The molecule has 0 spiro atoms. The summed E-state index contributed by atoms with van der Waals surface area (Å²) < 4.78 is 11.5. The molecule has 25 heavy (non-hydrogen) atoms. The summed E-state index contributed by atoms with van der Waals surface area (Å²) in [4.78, 5) is 16.9. The molecule has 5 nitrogen and oxygen atoms in total. The van der Waals surface area contributed by atoms with Gasteiger partial charge in [0.1, 0.15) is 0 Å². The van der Waals surface area contributed by atoms with E-state index in [-0.39, 0.29) is 18.1 Å². The van der Waals surface area contributed by atoms with Crippen LogP contribution in [0.2, 0.25) is 0 Å². The molecule has 1 amide bonds. The average molecular weight is 344 g/mol. The van der Waals surface area contributed by atoms with Crippen molar-refractivity contribution in [1.82, 2.24) is 9.80 Å². The van der Waals surface area contributed by atoms with Crippen LogP contribution < -0.4 is 0 Å². The minimum atomic E-state index is 0.151. The molecule has 3 fully saturated rings. The Kier molecular flexibility index (Phi) is 5.34. The van der Waals surface area contributed by atoms with Crippen LogP contribution >= 0.6 is 0 Å². The molecule has 1 aromatic rings. The third-order valence-electron chi connectivity index (χ3n) is 5.73. The molecule has 0 unspecified atom stereocenters. The fourth-order valence-corrected chi connectivity index (χ4v) is 4.29. The van der Waals surface area contributed by atoms with Crippen LogP contribution in [0, 0.1) is 5.92 Å². The summed E-state index contributed by atoms with van der Waals surface area (Å²) in [7, 11) is 0. The van der Waals surface area contributed by atoms with Gasteiger partial charge >= 0.3 is 0 Å². The van der Waals surface area contributed by atoms with E-state index in [1.165, 1.54) is 5.56 Å². The highest BCUT2D eigenvalue weighted by molar-refractivity contribution is 5.78. The fraction of sp³-hybridized carbons (Fsp3) is 0.650. The Hall–Kier alpha value is -1.43. The van der Waals surface area contributed by atoms with Gasteiger partial charge in [0.15, 0.2) is 0 Å². The van der Waals surface area contributed by atoms with Crippen LogP contribution in [0.3, 0.4) is 0 Å². The minimum absolute atomic E-state index is 0.151. The van der Waals surface area contributed by atoms with Crippen molar-refractivity contribution in [3.05, 3.63) is 35.9 Å². The largest absolute Gasteiger partial charge is 0.372 e. The second-order valence-corrected chi connectivity index (χ2v) is 7.53. The van der Waals surface area contributed by atoms with Crippen LogP contribution in [0.5, 0.6) is 0 Å². The smallest absolute Gasteiger partial charge is 0.236 e. The highest BCUT2D eigenvalue weighted by Gasteiger charge is 2.37. The highest BCUT2D eigenvalue weighted by atomic mass is 16.6. The summed E-state index contributed by atoms with van der Waals surface area (Å²) in [5.74, 6) is 0.958. The van der Waals surface area contributed by atoms with Crippen LogP contribution in [-0.4, -0.2) is 73.9 Å². The minimum Gasteiger partial charge on any atom is -0.372 e. The number of ether oxygens (including phenoxy) is 2. The van der Waals surface area contributed by atoms with E-state index in [0.29, 0.717) is 25.7 Å². The fourth-order valence-electron chi connectivity index (χ4n) is 4.29. The van der Waals surface area contributed by atoms with Crippen LogP contribution in [0.25, 0.3) is 0 Å². The monoisotopic (exact) mass is 344 g/mol. The first-order chi connectivity index (χ1) is 12.3. The predicted molar refractivity (Wildman–Crippen MR) is 95.4 cm³/mol. The van der Waals surface area contributed by atoms with Gasteiger partial charge in [-0.05, 0) is 30.7 Å². The Morgan fingerprint density at radius 1 is 1.00 bits per heavy atom. The van der Waals surface area contributed by atoms with Gasteiger partial charge in [0.25, 0.3) is 0 Å². The van der Waals surface area contributed by atoms with Crippen molar-refractivity contribution < 1.29 is 14.3 Å². The van der Waals surface area contributed by atoms with E-state index in [1.54, 1.807) is 0 Å². The van der Waals surface area contributed by atoms with Crippen LogP contribution in [0.15, 0.2) is 30.3 Å². The van der Waals surface area contributed by atoms with Gasteiger partial charge in [-0.25, -0.2) is 0 Å². The molecule has 136 valence electrons. The van der Waals surface area contributed by atoms with Gasteiger partial charge in [0.05, 0.1) is 32.0 Å². The molecule has 0 aliphatic carbocycles. The zero-order valence-corrected chi connectivity index (χ0v) is 14.8. The Bertz CT molecular complexity index is 558. The number of nitrogens with zero attached hydrogens (tertiary/aromatic N) is 2. The number of carbonyl (C=O) groups excluding carboxylic acids is 1. The SMILES string of the molecule is O=C(CN1C[C@@H]2OCCO[C@@H]2C1)N1CCC(Cc2ccccc2)CC1. The molecule has 4 rings (SSSR count). The molecule has 5 heteroatoms. The number of carbonyl (C=O) groups is 1. The lowest BCUT2D eigenvalue weighted by atomic mass is 9.90. The van der Waals surface area contributed by atoms with E-state index in [4.69, 9.17) is 9.47 Å². The summed E-state index contributed by atoms with van der Waals surface area (Å²) in [6.45, 7) is 5.29. The zero-order valence-electron chi connectivity index (χ0n) is 14.8. The maximum Gasteiger partial charge on any atom is 0.236 e. The number of benzene rings is 1. The first kappa shape index (κ1) is 17.0. The number of likely N-dealkylation sites (tertiary alicyclic amines) is 2. The Labute approximate surface area is 149 Å². The first-order valence-corrected chi connectivity index (χ1v) is 9.55. The topological polar surface area (TPSA) is 42.0 Å². The molecule has 3 aliphatic heterocycles. The Morgan fingerprint density at radius 2 is 1.64 bits per heavy atom. The van der Waals surface area contributed by atoms with E-state index in [2.05, 4.69) is 35.2 Å². The second kappa shape index (κ2) is 7.85. The number of amides is 1. The quantitative estimate of drug-likeness (QED) is 0.831. The molecule has 1 aromatic carbocycles. The van der Waals surface area contributed by atoms with Crippen molar-refractivity contribution in [1.29, 1.82) is 0 Å². The van der Waals surface area contributed by atoms with Crippen molar-refractivity contribution in [2.75, 3.05) is 45.9 Å². The molecule has 0 aromatic heterocycles. The number of hydrogen-bond donors (Lipinski definition) is 0. The Morgan fingerprint density at radius 3 is 2.28 bits per heavy atom. The number of hydrogen-bond acceptors (Lipinski definition) is 4. The molecule has 0 bridgehead atoms. The summed E-state index contributed by atoms with van der Waals surface area (Å²) in [5, 5.41) is 0. The summed E-state index contributed by atoms with van der Waals surface area (Å²) in [6.07, 6.45) is 3.65. The van der Waals surface area contributed by atoms with E-state index >= 15 is 0 Å². The molecule has 3 saturated heterocycles. The van der Waals surface area contributed by atoms with Gasteiger partial charge in [0.2, 0.25) is 5.91 Å². The molecule has 2 atom stereocenters. The molecule has 0 N–H and O–H groups in total. The maximum absolute atomic E-state index is 12.6. The highest BCUT2D eigenvalue weighted by Crippen LogP contribution is 2.23. The van der Waals surface area contributed by atoms with Gasteiger partial charge in [-0.3, -0.25) is 9.69 Å². The number of piperidine rings is 1.